The lowest BCUT2D eigenvalue weighted by atomic mass is 9.82. The van der Waals surface area contributed by atoms with Gasteiger partial charge in [-0.3, -0.25) is 4.79 Å². The molecule has 1 aliphatic heterocycles. The zero-order valence-corrected chi connectivity index (χ0v) is 11.1. The molecule has 0 amide bonds. The molecular formula is C14H26N2O. The fourth-order valence-corrected chi connectivity index (χ4v) is 3.16. The van der Waals surface area contributed by atoms with Gasteiger partial charge < -0.3 is 10.2 Å². The van der Waals surface area contributed by atoms with Gasteiger partial charge in [-0.05, 0) is 12.8 Å². The van der Waals surface area contributed by atoms with E-state index in [1.807, 2.05) is 0 Å². The van der Waals surface area contributed by atoms with Crippen LogP contribution < -0.4 is 5.32 Å². The highest BCUT2D eigenvalue weighted by Gasteiger charge is 2.26. The average molecular weight is 238 g/mol. The summed E-state index contributed by atoms with van der Waals surface area (Å²) in [7, 11) is 0. The zero-order valence-electron chi connectivity index (χ0n) is 11.1. The van der Waals surface area contributed by atoms with Crippen molar-refractivity contribution in [3.8, 4) is 0 Å². The third-order valence-corrected chi connectivity index (χ3v) is 4.23. The van der Waals surface area contributed by atoms with Crippen LogP contribution in [0.25, 0.3) is 0 Å². The van der Waals surface area contributed by atoms with Gasteiger partial charge >= 0.3 is 0 Å². The van der Waals surface area contributed by atoms with Gasteiger partial charge in [0.1, 0.15) is 5.78 Å². The lowest BCUT2D eigenvalue weighted by Gasteiger charge is -2.31. The van der Waals surface area contributed by atoms with Crippen molar-refractivity contribution in [3.63, 3.8) is 0 Å². The second-order valence-corrected chi connectivity index (χ2v) is 5.69. The molecule has 1 N–H and O–H groups in total. The molecule has 2 aliphatic rings. The molecule has 17 heavy (non-hydrogen) atoms. The molecule has 1 aliphatic carbocycles. The number of nitrogens with one attached hydrogen (secondary N) is 1. The maximum absolute atomic E-state index is 12.3. The van der Waals surface area contributed by atoms with Crippen molar-refractivity contribution in [1.29, 1.82) is 0 Å². The van der Waals surface area contributed by atoms with Crippen LogP contribution in [0.1, 0.15) is 39.0 Å². The van der Waals surface area contributed by atoms with Gasteiger partial charge in [-0.15, -0.1) is 0 Å². The minimum Gasteiger partial charge on any atom is -0.314 e. The standard InChI is InChI=1S/C14H26N2O/c1-12(11-16-9-7-15-8-10-16)14(17)13-5-3-2-4-6-13/h12-13,15H,2-11H2,1H3. The van der Waals surface area contributed by atoms with Crippen LogP contribution in [0, 0.1) is 11.8 Å². The molecule has 3 nitrogen and oxygen atoms in total. The van der Waals surface area contributed by atoms with Gasteiger partial charge in [-0.25, -0.2) is 0 Å². The Labute approximate surface area is 105 Å². The van der Waals surface area contributed by atoms with Crippen molar-refractivity contribution < 1.29 is 4.79 Å². The first-order valence-electron chi connectivity index (χ1n) is 7.24. The van der Waals surface area contributed by atoms with Crippen LogP contribution in [0.4, 0.5) is 0 Å². The van der Waals surface area contributed by atoms with Gasteiger partial charge in [0.15, 0.2) is 0 Å². The number of rotatable bonds is 4. The van der Waals surface area contributed by atoms with Gasteiger partial charge in [0.25, 0.3) is 0 Å². The third-order valence-electron chi connectivity index (χ3n) is 4.23. The molecule has 0 aromatic rings. The van der Waals surface area contributed by atoms with E-state index in [4.69, 9.17) is 0 Å². The van der Waals surface area contributed by atoms with Crippen molar-refractivity contribution in [2.45, 2.75) is 39.0 Å². The molecule has 98 valence electrons. The number of piperazine rings is 1. The van der Waals surface area contributed by atoms with Crippen LogP contribution in [0.15, 0.2) is 0 Å². The van der Waals surface area contributed by atoms with Crippen LogP contribution in [-0.4, -0.2) is 43.4 Å². The monoisotopic (exact) mass is 238 g/mol. The van der Waals surface area contributed by atoms with Gasteiger partial charge in [-0.1, -0.05) is 26.2 Å². The highest BCUT2D eigenvalue weighted by molar-refractivity contribution is 5.83. The molecule has 2 rings (SSSR count). The molecule has 0 bridgehead atoms. The van der Waals surface area contributed by atoms with Crippen LogP contribution in [0.5, 0.6) is 0 Å². The summed E-state index contributed by atoms with van der Waals surface area (Å²) in [5.41, 5.74) is 0. The summed E-state index contributed by atoms with van der Waals surface area (Å²) < 4.78 is 0. The summed E-state index contributed by atoms with van der Waals surface area (Å²) in [6.45, 7) is 7.44. The summed E-state index contributed by atoms with van der Waals surface area (Å²) in [6, 6.07) is 0. The van der Waals surface area contributed by atoms with E-state index in [-0.39, 0.29) is 5.92 Å². The van der Waals surface area contributed by atoms with Crippen LogP contribution in [-0.2, 0) is 4.79 Å². The summed E-state index contributed by atoms with van der Waals surface area (Å²) in [5, 5.41) is 3.35. The van der Waals surface area contributed by atoms with E-state index in [0.717, 1.165) is 45.6 Å². The van der Waals surface area contributed by atoms with Crippen molar-refractivity contribution in [2.75, 3.05) is 32.7 Å². The van der Waals surface area contributed by atoms with Crippen molar-refractivity contribution in [1.82, 2.24) is 10.2 Å². The van der Waals surface area contributed by atoms with Gasteiger partial charge in [-0.2, -0.15) is 0 Å². The lowest BCUT2D eigenvalue weighted by Crippen LogP contribution is -2.46. The molecular weight excluding hydrogens is 212 g/mol. The predicted molar refractivity (Wildman–Crippen MR) is 70.1 cm³/mol. The molecule has 1 saturated carbocycles. The van der Waals surface area contributed by atoms with Crippen molar-refractivity contribution >= 4 is 5.78 Å². The third kappa shape index (κ3) is 3.78. The summed E-state index contributed by atoms with van der Waals surface area (Å²) >= 11 is 0. The molecule has 0 aromatic heterocycles. The number of hydrogen-bond donors (Lipinski definition) is 1. The Hall–Kier alpha value is -0.410. The smallest absolute Gasteiger partial charge is 0.140 e. The Morgan fingerprint density at radius 2 is 1.88 bits per heavy atom. The maximum atomic E-state index is 12.3. The van der Waals surface area contributed by atoms with E-state index < -0.39 is 0 Å². The highest BCUT2D eigenvalue weighted by atomic mass is 16.1. The summed E-state index contributed by atoms with van der Waals surface area (Å²) in [4.78, 5) is 14.8. The Balaban J connectivity index is 1.77. The van der Waals surface area contributed by atoms with Crippen LogP contribution >= 0.6 is 0 Å². The maximum Gasteiger partial charge on any atom is 0.140 e. The van der Waals surface area contributed by atoms with E-state index in [1.54, 1.807) is 0 Å². The fraction of sp³-hybridized carbons (Fsp3) is 0.929. The summed E-state index contributed by atoms with van der Waals surface area (Å²) in [6.07, 6.45) is 6.14. The molecule has 1 unspecified atom stereocenters. The molecule has 1 atom stereocenters. The lowest BCUT2D eigenvalue weighted by molar-refractivity contribution is -0.127. The van der Waals surface area contributed by atoms with Crippen molar-refractivity contribution in [3.05, 3.63) is 0 Å². The number of carbonyl (C=O) groups excluding carboxylic acids is 1. The topological polar surface area (TPSA) is 32.3 Å². The first-order valence-corrected chi connectivity index (χ1v) is 7.24. The second-order valence-electron chi connectivity index (χ2n) is 5.69. The van der Waals surface area contributed by atoms with E-state index in [9.17, 15) is 4.79 Å². The van der Waals surface area contributed by atoms with Gasteiger partial charge in [0.05, 0.1) is 0 Å². The molecule has 0 radical (unpaired) electrons. The Morgan fingerprint density at radius 1 is 1.24 bits per heavy atom. The minimum atomic E-state index is 0.233. The highest BCUT2D eigenvalue weighted by Crippen LogP contribution is 2.26. The largest absolute Gasteiger partial charge is 0.314 e. The van der Waals surface area contributed by atoms with Crippen molar-refractivity contribution in [2.24, 2.45) is 11.8 Å². The van der Waals surface area contributed by atoms with E-state index in [1.165, 1.54) is 19.3 Å². The SMILES string of the molecule is CC(CN1CCNCC1)C(=O)C1CCCCC1. The first-order chi connectivity index (χ1) is 8.27. The molecule has 3 heteroatoms. The molecule has 2 fully saturated rings. The molecule has 1 heterocycles. The van der Waals surface area contributed by atoms with Crippen LogP contribution in [0.2, 0.25) is 0 Å². The number of ketones is 1. The van der Waals surface area contributed by atoms with Crippen LogP contribution in [0.3, 0.4) is 0 Å². The quantitative estimate of drug-likeness (QED) is 0.809. The first kappa shape index (κ1) is 13.0. The zero-order chi connectivity index (χ0) is 12.1. The van der Waals surface area contributed by atoms with E-state index in [0.29, 0.717) is 11.7 Å². The normalized spacial score (nSPS) is 25.7. The summed E-state index contributed by atoms with van der Waals surface area (Å²) in [5.74, 6) is 1.14. The Morgan fingerprint density at radius 3 is 2.53 bits per heavy atom. The number of Topliss-reactive ketones (excluding diaryl/α,β-unsaturated/α-hetero) is 1. The van der Waals surface area contributed by atoms with E-state index >= 15 is 0 Å². The predicted octanol–water partition coefficient (Wildman–Crippen LogP) is 1.68. The fourth-order valence-electron chi connectivity index (χ4n) is 3.16. The Bertz CT molecular complexity index is 243. The second kappa shape index (κ2) is 6.50. The van der Waals surface area contributed by atoms with Gasteiger partial charge in [0.2, 0.25) is 0 Å². The Kier molecular flexibility index (Phi) is 4.99. The molecule has 0 spiro atoms. The van der Waals surface area contributed by atoms with Gasteiger partial charge in [0, 0.05) is 44.6 Å². The molecule has 0 aromatic carbocycles. The van der Waals surface area contributed by atoms with E-state index in [2.05, 4.69) is 17.1 Å². The average Bonchev–Trinajstić information content (AvgIpc) is 2.40. The number of nitrogens with zero attached hydrogens (tertiary/aromatic N) is 1. The molecule has 1 saturated heterocycles. The number of hydrogen-bond acceptors (Lipinski definition) is 3. The number of carbonyl (C=O) groups is 1. The minimum absolute atomic E-state index is 0.233.